The molecule has 0 fully saturated rings. The number of sulfone groups is 1. The van der Waals surface area contributed by atoms with Crippen LogP contribution in [0.15, 0.2) is 59.6 Å². The average Bonchev–Trinajstić information content (AvgIpc) is 3.05. The largest absolute Gasteiger partial charge is 0.224 e. The van der Waals surface area contributed by atoms with Crippen molar-refractivity contribution in [3.05, 3.63) is 60.5 Å². The number of aromatic nitrogens is 1. The third-order valence-electron chi connectivity index (χ3n) is 3.58. The summed E-state index contributed by atoms with van der Waals surface area (Å²) in [6.07, 6.45) is 1.74. The van der Waals surface area contributed by atoms with Crippen LogP contribution >= 0.6 is 11.5 Å². The molecule has 3 rings (SSSR count). The standard InChI is InChI=1S/C17H14FNO2S2/c1-2-23(20,21)15-9-5-12(6-10-15)16-11-19-22-17(16)13-3-7-14(18)8-4-13/h3-11H,2H2,1H3. The molecule has 0 unspecified atom stereocenters. The third kappa shape index (κ3) is 3.18. The molecule has 0 N–H and O–H groups in total. The van der Waals surface area contributed by atoms with Crippen LogP contribution in [0, 0.1) is 5.82 Å². The molecule has 6 heteroatoms. The van der Waals surface area contributed by atoms with Crippen LogP contribution in [0.5, 0.6) is 0 Å². The second-order valence-electron chi connectivity index (χ2n) is 5.00. The van der Waals surface area contributed by atoms with Gasteiger partial charge in [-0.15, -0.1) is 0 Å². The zero-order chi connectivity index (χ0) is 16.4. The summed E-state index contributed by atoms with van der Waals surface area (Å²) in [7, 11) is -3.21. The Morgan fingerprint density at radius 2 is 1.61 bits per heavy atom. The van der Waals surface area contributed by atoms with Gasteiger partial charge in [-0.25, -0.2) is 12.8 Å². The van der Waals surface area contributed by atoms with Crippen molar-refractivity contribution in [2.24, 2.45) is 0 Å². The predicted octanol–water partition coefficient (Wildman–Crippen LogP) is 4.41. The monoisotopic (exact) mass is 347 g/mol. The minimum Gasteiger partial charge on any atom is -0.224 e. The fourth-order valence-electron chi connectivity index (χ4n) is 2.26. The van der Waals surface area contributed by atoms with E-state index in [2.05, 4.69) is 4.37 Å². The van der Waals surface area contributed by atoms with Gasteiger partial charge in [-0.05, 0) is 46.9 Å². The molecule has 0 amide bonds. The van der Waals surface area contributed by atoms with Crippen LogP contribution in [-0.4, -0.2) is 18.5 Å². The molecule has 3 nitrogen and oxygen atoms in total. The number of benzene rings is 2. The molecule has 118 valence electrons. The van der Waals surface area contributed by atoms with Gasteiger partial charge >= 0.3 is 0 Å². The van der Waals surface area contributed by atoms with Crippen LogP contribution in [-0.2, 0) is 9.84 Å². The summed E-state index contributed by atoms with van der Waals surface area (Å²) >= 11 is 1.33. The topological polar surface area (TPSA) is 47.0 Å². The first kappa shape index (κ1) is 15.8. The molecule has 2 aromatic carbocycles. The Kier molecular flexibility index (Phi) is 4.28. The smallest absolute Gasteiger partial charge is 0.178 e. The van der Waals surface area contributed by atoms with E-state index >= 15 is 0 Å². The highest BCUT2D eigenvalue weighted by molar-refractivity contribution is 7.91. The summed E-state index contributed by atoms with van der Waals surface area (Å²) in [5.74, 6) is -0.207. The van der Waals surface area contributed by atoms with E-state index in [1.165, 1.54) is 23.7 Å². The molecule has 0 saturated carbocycles. The Morgan fingerprint density at radius 3 is 2.22 bits per heavy atom. The van der Waals surface area contributed by atoms with Gasteiger partial charge < -0.3 is 0 Å². The molecule has 3 aromatic rings. The van der Waals surface area contributed by atoms with E-state index in [1.807, 2.05) is 0 Å². The summed E-state index contributed by atoms with van der Waals surface area (Å²) < 4.78 is 41.0. The zero-order valence-corrected chi connectivity index (χ0v) is 14.0. The Bertz CT molecular complexity index is 914. The van der Waals surface area contributed by atoms with E-state index in [4.69, 9.17) is 0 Å². The summed E-state index contributed by atoms with van der Waals surface area (Å²) in [6.45, 7) is 1.62. The first-order valence-electron chi connectivity index (χ1n) is 7.05. The summed E-state index contributed by atoms with van der Waals surface area (Å²) in [5, 5.41) is 0. The van der Waals surface area contributed by atoms with Crippen LogP contribution in [0.4, 0.5) is 4.39 Å². The van der Waals surface area contributed by atoms with Gasteiger partial charge in [-0.3, -0.25) is 0 Å². The number of hydrogen-bond donors (Lipinski definition) is 0. The number of rotatable bonds is 4. The molecule has 23 heavy (non-hydrogen) atoms. The normalized spacial score (nSPS) is 11.6. The highest BCUT2D eigenvalue weighted by Gasteiger charge is 2.14. The number of nitrogens with zero attached hydrogens (tertiary/aromatic N) is 1. The van der Waals surface area contributed by atoms with Crippen molar-refractivity contribution in [1.82, 2.24) is 4.37 Å². The molecule has 0 atom stereocenters. The van der Waals surface area contributed by atoms with Gasteiger partial charge in [-0.2, -0.15) is 4.37 Å². The molecule has 0 saturated heterocycles. The predicted molar refractivity (Wildman–Crippen MR) is 90.7 cm³/mol. The van der Waals surface area contributed by atoms with Crippen molar-refractivity contribution in [2.75, 3.05) is 5.75 Å². The van der Waals surface area contributed by atoms with Crippen LogP contribution in [0.25, 0.3) is 21.6 Å². The van der Waals surface area contributed by atoms with Gasteiger partial charge in [0.1, 0.15) is 5.82 Å². The molecule has 0 spiro atoms. The maximum Gasteiger partial charge on any atom is 0.178 e. The minimum atomic E-state index is -3.21. The van der Waals surface area contributed by atoms with E-state index in [0.29, 0.717) is 4.90 Å². The summed E-state index contributed by atoms with van der Waals surface area (Å²) in [5.41, 5.74) is 2.67. The molecule has 0 aliphatic rings. The fraction of sp³-hybridized carbons (Fsp3) is 0.118. The lowest BCUT2D eigenvalue weighted by Gasteiger charge is -2.05. The van der Waals surface area contributed by atoms with E-state index in [0.717, 1.165) is 21.6 Å². The first-order valence-corrected chi connectivity index (χ1v) is 9.47. The summed E-state index contributed by atoms with van der Waals surface area (Å²) in [6, 6.07) is 13.0. The highest BCUT2D eigenvalue weighted by atomic mass is 32.2. The third-order valence-corrected chi connectivity index (χ3v) is 6.18. The maximum atomic E-state index is 13.1. The lowest BCUT2D eigenvalue weighted by molar-refractivity contribution is 0.597. The Hall–Kier alpha value is -2.05. The highest BCUT2D eigenvalue weighted by Crippen LogP contribution is 2.35. The fourth-order valence-corrected chi connectivity index (χ4v) is 3.92. The lowest BCUT2D eigenvalue weighted by Crippen LogP contribution is -2.03. The van der Waals surface area contributed by atoms with Crippen molar-refractivity contribution in [3.63, 3.8) is 0 Å². The van der Waals surface area contributed by atoms with E-state index < -0.39 is 9.84 Å². The number of hydrogen-bond acceptors (Lipinski definition) is 4. The Morgan fingerprint density at radius 1 is 1.00 bits per heavy atom. The van der Waals surface area contributed by atoms with Gasteiger partial charge in [0.15, 0.2) is 9.84 Å². The zero-order valence-electron chi connectivity index (χ0n) is 12.4. The quantitative estimate of drug-likeness (QED) is 0.702. The van der Waals surface area contributed by atoms with Crippen LogP contribution < -0.4 is 0 Å². The van der Waals surface area contributed by atoms with E-state index in [-0.39, 0.29) is 11.6 Å². The van der Waals surface area contributed by atoms with Gasteiger partial charge in [0.25, 0.3) is 0 Å². The van der Waals surface area contributed by atoms with Crippen molar-refractivity contribution in [3.8, 4) is 21.6 Å². The van der Waals surface area contributed by atoms with Crippen molar-refractivity contribution in [2.45, 2.75) is 11.8 Å². The van der Waals surface area contributed by atoms with Crippen molar-refractivity contribution >= 4 is 21.4 Å². The lowest BCUT2D eigenvalue weighted by atomic mass is 10.0. The Balaban J connectivity index is 2.01. The average molecular weight is 347 g/mol. The van der Waals surface area contributed by atoms with E-state index in [1.54, 1.807) is 49.5 Å². The van der Waals surface area contributed by atoms with Crippen LogP contribution in [0.3, 0.4) is 0 Å². The molecule has 1 heterocycles. The Labute approximate surface area is 138 Å². The van der Waals surface area contributed by atoms with Gasteiger partial charge in [-0.1, -0.05) is 31.2 Å². The SMILES string of the molecule is CCS(=O)(=O)c1ccc(-c2cnsc2-c2ccc(F)cc2)cc1. The maximum absolute atomic E-state index is 13.1. The van der Waals surface area contributed by atoms with Crippen LogP contribution in [0.2, 0.25) is 0 Å². The van der Waals surface area contributed by atoms with Gasteiger partial charge in [0.2, 0.25) is 0 Å². The molecule has 0 bridgehead atoms. The number of halogens is 1. The van der Waals surface area contributed by atoms with Crippen LogP contribution in [0.1, 0.15) is 6.92 Å². The molecular weight excluding hydrogens is 333 g/mol. The van der Waals surface area contributed by atoms with Gasteiger partial charge in [0, 0.05) is 11.8 Å². The van der Waals surface area contributed by atoms with Gasteiger partial charge in [0.05, 0.1) is 15.5 Å². The molecule has 0 aliphatic heterocycles. The molecular formula is C17H14FNO2S2. The van der Waals surface area contributed by atoms with E-state index in [9.17, 15) is 12.8 Å². The summed E-state index contributed by atoms with van der Waals surface area (Å²) in [4.78, 5) is 1.24. The minimum absolute atomic E-state index is 0.0766. The molecule has 0 radical (unpaired) electrons. The molecule has 1 aromatic heterocycles. The second-order valence-corrected chi connectivity index (χ2v) is 8.08. The van der Waals surface area contributed by atoms with Crippen molar-refractivity contribution in [1.29, 1.82) is 0 Å². The van der Waals surface area contributed by atoms with Crippen molar-refractivity contribution < 1.29 is 12.8 Å². The molecule has 0 aliphatic carbocycles. The first-order chi connectivity index (χ1) is 11.0. The second kappa shape index (κ2) is 6.22.